The van der Waals surface area contributed by atoms with Gasteiger partial charge in [-0.15, -0.1) is 0 Å². The van der Waals surface area contributed by atoms with Gasteiger partial charge in [0, 0.05) is 36.1 Å². The number of hydrogen-bond acceptors (Lipinski definition) is 6. The Kier molecular flexibility index (Phi) is 9.50. The second-order valence-electron chi connectivity index (χ2n) is 5.61. The van der Waals surface area contributed by atoms with Crippen molar-refractivity contribution >= 4 is 25.9 Å². The van der Waals surface area contributed by atoms with Gasteiger partial charge in [0.15, 0.2) is 0 Å². The standard InChI is InChI=1S/C12H26N2O5S2/c1-12(2,9-15)10(16)8-13-5-3-4-11(17)14-6-7-21(18,19)20/h10,13,15-16H,3-9H2,1-2H3,(H,14,17)(H,18,19,20). The molecule has 0 aliphatic heterocycles. The summed E-state index contributed by atoms with van der Waals surface area (Å²) >= 11 is 4.30. The van der Waals surface area contributed by atoms with Gasteiger partial charge in [0.1, 0.15) is 8.77 Å². The Morgan fingerprint density at radius 1 is 1.38 bits per heavy atom. The van der Waals surface area contributed by atoms with Crippen molar-refractivity contribution in [2.45, 2.75) is 32.8 Å². The van der Waals surface area contributed by atoms with Crippen LogP contribution in [0.4, 0.5) is 0 Å². The maximum atomic E-state index is 11.4. The van der Waals surface area contributed by atoms with Gasteiger partial charge in [-0.3, -0.25) is 4.79 Å². The first kappa shape index (κ1) is 20.7. The molecule has 0 radical (unpaired) electrons. The van der Waals surface area contributed by atoms with Gasteiger partial charge in [-0.2, -0.15) is 0 Å². The van der Waals surface area contributed by atoms with Gasteiger partial charge in [-0.05, 0) is 13.0 Å². The molecule has 2 unspecified atom stereocenters. The molecule has 0 aromatic heterocycles. The third-order valence-electron chi connectivity index (χ3n) is 3.09. The van der Waals surface area contributed by atoms with E-state index in [1.165, 1.54) is 0 Å². The molecule has 1 amide bonds. The van der Waals surface area contributed by atoms with Crippen molar-refractivity contribution in [3.8, 4) is 0 Å². The average molecular weight is 342 g/mol. The molecule has 126 valence electrons. The third-order valence-corrected chi connectivity index (χ3v) is 4.31. The first-order chi connectivity index (χ1) is 9.58. The Labute approximate surface area is 131 Å². The maximum absolute atomic E-state index is 11.4. The summed E-state index contributed by atoms with van der Waals surface area (Å²) < 4.78 is 19.7. The molecule has 0 aliphatic carbocycles. The summed E-state index contributed by atoms with van der Waals surface area (Å²) in [5.74, 6) is -0.332. The molecule has 0 saturated heterocycles. The van der Waals surface area contributed by atoms with E-state index < -0.39 is 20.3 Å². The molecule has 0 aromatic rings. The highest BCUT2D eigenvalue weighted by Gasteiger charge is 2.26. The fourth-order valence-electron chi connectivity index (χ4n) is 1.40. The van der Waals surface area contributed by atoms with E-state index in [1.807, 2.05) is 0 Å². The molecule has 2 atom stereocenters. The first-order valence-corrected chi connectivity index (χ1v) is 9.41. The van der Waals surface area contributed by atoms with Gasteiger partial charge >= 0.3 is 0 Å². The normalized spacial score (nSPS) is 16.2. The molecule has 0 fully saturated rings. The maximum Gasteiger partial charge on any atom is 0.220 e. The molecule has 21 heavy (non-hydrogen) atoms. The van der Waals surface area contributed by atoms with Crippen molar-refractivity contribution < 1.29 is 23.8 Å². The highest BCUT2D eigenvalue weighted by molar-refractivity contribution is 8.29. The van der Waals surface area contributed by atoms with Crippen LogP contribution in [0, 0.1) is 5.41 Å². The summed E-state index contributed by atoms with van der Waals surface area (Å²) in [5, 5.41) is 24.4. The predicted octanol–water partition coefficient (Wildman–Crippen LogP) is -0.929. The summed E-state index contributed by atoms with van der Waals surface area (Å²) in [6, 6.07) is 0. The first-order valence-electron chi connectivity index (χ1n) is 6.80. The van der Waals surface area contributed by atoms with Gasteiger partial charge in [0.05, 0.1) is 18.5 Å². The summed E-state index contributed by atoms with van der Waals surface area (Å²) in [5.41, 5.74) is -0.563. The second-order valence-corrected chi connectivity index (χ2v) is 8.74. The van der Waals surface area contributed by atoms with E-state index in [0.717, 1.165) is 0 Å². The Morgan fingerprint density at radius 2 is 2.00 bits per heavy atom. The third kappa shape index (κ3) is 11.0. The highest BCUT2D eigenvalue weighted by Crippen LogP contribution is 2.18. The zero-order valence-corrected chi connectivity index (χ0v) is 14.1. The number of hydrogen-bond donors (Lipinski definition) is 5. The quantitative estimate of drug-likeness (QED) is 0.308. The van der Waals surface area contributed by atoms with Crippen LogP contribution < -0.4 is 10.6 Å². The zero-order chi connectivity index (χ0) is 16.5. The lowest BCUT2D eigenvalue weighted by Gasteiger charge is -2.28. The van der Waals surface area contributed by atoms with Crippen molar-refractivity contribution in [3.05, 3.63) is 0 Å². The van der Waals surface area contributed by atoms with Crippen LogP contribution in [-0.4, -0.2) is 63.0 Å². The lowest BCUT2D eigenvalue weighted by atomic mass is 9.87. The number of aliphatic hydroxyl groups excluding tert-OH is 2. The van der Waals surface area contributed by atoms with E-state index in [4.69, 9.17) is 9.66 Å². The highest BCUT2D eigenvalue weighted by atomic mass is 32.8. The monoisotopic (exact) mass is 342 g/mol. The summed E-state index contributed by atoms with van der Waals surface area (Å²) in [6.07, 6.45) is 0.206. The Balaban J connectivity index is 3.65. The molecule has 0 spiro atoms. The Hall–Kier alpha value is -0.320. The van der Waals surface area contributed by atoms with E-state index in [1.54, 1.807) is 13.8 Å². The zero-order valence-electron chi connectivity index (χ0n) is 12.5. The molecule has 7 nitrogen and oxygen atoms in total. The van der Waals surface area contributed by atoms with E-state index in [0.29, 0.717) is 19.5 Å². The smallest absolute Gasteiger partial charge is 0.220 e. The van der Waals surface area contributed by atoms with Crippen LogP contribution in [0.5, 0.6) is 0 Å². The van der Waals surface area contributed by atoms with Gasteiger partial charge in [0.2, 0.25) is 5.91 Å². The summed E-state index contributed by atoms with van der Waals surface area (Å²) in [4.78, 5) is 11.4. The van der Waals surface area contributed by atoms with E-state index in [-0.39, 0.29) is 31.2 Å². The fraction of sp³-hybridized carbons (Fsp3) is 0.917. The minimum Gasteiger partial charge on any atom is -0.396 e. The molecule has 9 heteroatoms. The predicted molar refractivity (Wildman–Crippen MR) is 85.0 cm³/mol. The van der Waals surface area contributed by atoms with Crippen molar-refractivity contribution in [3.63, 3.8) is 0 Å². The minimum absolute atomic E-state index is 0.0918. The van der Waals surface area contributed by atoms with Crippen LogP contribution in [0.1, 0.15) is 26.7 Å². The van der Waals surface area contributed by atoms with Crippen LogP contribution in [0.15, 0.2) is 0 Å². The van der Waals surface area contributed by atoms with Crippen LogP contribution in [0.3, 0.4) is 0 Å². The van der Waals surface area contributed by atoms with Gasteiger partial charge in [0.25, 0.3) is 0 Å². The van der Waals surface area contributed by atoms with E-state index >= 15 is 0 Å². The molecule has 5 N–H and O–H groups in total. The Morgan fingerprint density at radius 3 is 2.52 bits per heavy atom. The molecule has 0 aliphatic rings. The van der Waals surface area contributed by atoms with Gasteiger partial charge in [-0.25, -0.2) is 4.21 Å². The number of rotatable bonds is 11. The number of carbonyl (C=O) groups is 1. The lowest BCUT2D eigenvalue weighted by molar-refractivity contribution is -0.121. The molecule has 0 saturated carbocycles. The second kappa shape index (κ2) is 9.65. The Bertz CT molecular complexity index is 412. The van der Waals surface area contributed by atoms with Crippen molar-refractivity contribution in [2.24, 2.45) is 5.41 Å². The number of carbonyl (C=O) groups excluding carboxylic acids is 1. The molecule has 0 rings (SSSR count). The summed E-state index contributed by atoms with van der Waals surface area (Å²) in [7, 11) is -3.22. The lowest BCUT2D eigenvalue weighted by Crippen LogP contribution is -2.41. The molecular formula is C12H26N2O5S2. The van der Waals surface area contributed by atoms with Crippen molar-refractivity contribution in [2.75, 3.05) is 32.0 Å². The topological polar surface area (TPSA) is 119 Å². The fourth-order valence-corrected chi connectivity index (χ4v) is 2.01. The van der Waals surface area contributed by atoms with Crippen LogP contribution in [0.25, 0.3) is 0 Å². The van der Waals surface area contributed by atoms with Crippen molar-refractivity contribution in [1.82, 2.24) is 10.6 Å². The molecule has 0 bridgehead atoms. The number of nitrogens with one attached hydrogen (secondary N) is 2. The molecule has 0 aromatic carbocycles. The van der Waals surface area contributed by atoms with Crippen molar-refractivity contribution in [1.29, 1.82) is 0 Å². The minimum atomic E-state index is -3.22. The largest absolute Gasteiger partial charge is 0.396 e. The van der Waals surface area contributed by atoms with Crippen LogP contribution in [0.2, 0.25) is 0 Å². The van der Waals surface area contributed by atoms with E-state index in [9.17, 15) is 14.1 Å². The molecular weight excluding hydrogens is 316 g/mol. The number of amides is 1. The van der Waals surface area contributed by atoms with Crippen LogP contribution >= 0.6 is 0 Å². The van der Waals surface area contributed by atoms with E-state index in [2.05, 4.69) is 21.8 Å². The molecule has 0 heterocycles. The number of aliphatic hydroxyl groups is 2. The van der Waals surface area contributed by atoms with Crippen LogP contribution in [-0.2, 0) is 24.8 Å². The SMILES string of the molecule is CC(C)(CO)C(O)CNCCCC(=O)NCCS(=O)(O)=S. The van der Waals surface area contributed by atoms with Gasteiger partial charge in [-0.1, -0.05) is 13.8 Å². The average Bonchev–Trinajstić information content (AvgIpc) is 2.36. The van der Waals surface area contributed by atoms with Gasteiger partial charge < -0.3 is 25.4 Å². The summed E-state index contributed by atoms with van der Waals surface area (Å²) in [6.45, 7) is 4.43.